The molecular weight excluding hydrogens is 542 g/mol. The molecule has 2 aromatic rings. The van der Waals surface area contributed by atoms with Crippen LogP contribution in [-0.2, 0) is 26.1 Å². The topological polar surface area (TPSA) is 125 Å². The van der Waals surface area contributed by atoms with Gasteiger partial charge < -0.3 is 24.8 Å². The van der Waals surface area contributed by atoms with Gasteiger partial charge in [-0.15, -0.1) is 11.3 Å². The number of piperidine rings is 1. The summed E-state index contributed by atoms with van der Waals surface area (Å²) in [4.78, 5) is 22.5. The van der Waals surface area contributed by atoms with Gasteiger partial charge in [0, 0.05) is 74.4 Å². The number of hydrogen-bond donors (Lipinski definition) is 2. The number of thiazole rings is 1. The molecule has 3 saturated heterocycles. The molecule has 1 aromatic heterocycles. The fraction of sp³-hybridized carbons (Fsp3) is 0.615. The standard InChI is InChI=1S/C26H35N5O6S2/c32-20-16-21-25(33)28-26(3-7-29(8-4-26)18-24-27-6-14-38-24)5-11-37-22-15-19(30-9-12-36-13-10-30)1-2-23(22)39(34,35)31(21)17-20/h1-2,6,14-15,20-21,32H,3-5,7-13,16-18H2,(H,28,33)/t20-,21+/m1/s1. The molecule has 3 fully saturated rings. The van der Waals surface area contributed by atoms with Crippen LogP contribution in [0.5, 0.6) is 5.75 Å². The highest BCUT2D eigenvalue weighted by Crippen LogP contribution is 2.37. The van der Waals surface area contributed by atoms with E-state index in [2.05, 4.69) is 20.1 Å². The van der Waals surface area contributed by atoms with Crippen LogP contribution >= 0.6 is 11.3 Å². The van der Waals surface area contributed by atoms with Crippen LogP contribution in [0.3, 0.4) is 0 Å². The molecule has 2 N–H and O–H groups in total. The third kappa shape index (κ3) is 5.52. The van der Waals surface area contributed by atoms with E-state index in [1.165, 1.54) is 0 Å². The van der Waals surface area contributed by atoms with Crippen LogP contribution in [0.4, 0.5) is 5.69 Å². The van der Waals surface area contributed by atoms with Crippen LogP contribution in [0.25, 0.3) is 0 Å². The van der Waals surface area contributed by atoms with Crippen molar-refractivity contribution >= 4 is 33.0 Å². The van der Waals surface area contributed by atoms with Crippen molar-refractivity contribution in [3.8, 4) is 5.75 Å². The second kappa shape index (κ2) is 10.9. The van der Waals surface area contributed by atoms with Gasteiger partial charge in [-0.1, -0.05) is 0 Å². The molecule has 1 amide bonds. The minimum Gasteiger partial charge on any atom is -0.492 e. The Morgan fingerprint density at radius 1 is 1.13 bits per heavy atom. The number of carbonyl (C=O) groups is 1. The van der Waals surface area contributed by atoms with E-state index in [-0.39, 0.29) is 36.1 Å². The first-order chi connectivity index (χ1) is 18.8. The Morgan fingerprint density at radius 2 is 1.92 bits per heavy atom. The predicted octanol–water partition coefficient (Wildman–Crippen LogP) is 1.04. The van der Waals surface area contributed by atoms with E-state index in [0.29, 0.717) is 32.7 Å². The van der Waals surface area contributed by atoms with Gasteiger partial charge in [-0.3, -0.25) is 9.69 Å². The van der Waals surface area contributed by atoms with Gasteiger partial charge >= 0.3 is 0 Å². The Bertz CT molecular complexity index is 1280. The van der Waals surface area contributed by atoms with Gasteiger partial charge in [-0.05, 0) is 25.0 Å². The molecule has 0 saturated carbocycles. The van der Waals surface area contributed by atoms with Gasteiger partial charge in [-0.2, -0.15) is 4.31 Å². The molecule has 6 rings (SSSR count). The zero-order chi connectivity index (χ0) is 27.0. The fourth-order valence-electron chi connectivity index (χ4n) is 6.06. The maximum absolute atomic E-state index is 13.9. The quantitative estimate of drug-likeness (QED) is 0.551. The molecule has 0 radical (unpaired) electrons. The SMILES string of the molecule is O=C1NC2(CCOc3cc(N4CCOCC4)ccc3S(=O)(=O)N3C[C@H](O)C[C@@H]13)CCN(Cc1nccs1)CC2. The van der Waals surface area contributed by atoms with Crippen LogP contribution in [0.15, 0.2) is 34.7 Å². The lowest BCUT2D eigenvalue weighted by molar-refractivity contribution is -0.127. The van der Waals surface area contributed by atoms with Crippen molar-refractivity contribution in [1.29, 1.82) is 0 Å². The lowest BCUT2D eigenvalue weighted by Crippen LogP contribution is -2.59. The van der Waals surface area contributed by atoms with Crippen molar-refractivity contribution in [2.75, 3.05) is 57.4 Å². The fourth-order valence-corrected chi connectivity index (χ4v) is 8.46. The van der Waals surface area contributed by atoms with Gasteiger partial charge in [0.2, 0.25) is 15.9 Å². The molecule has 39 heavy (non-hydrogen) atoms. The molecule has 2 atom stereocenters. The Kier molecular flexibility index (Phi) is 7.55. The van der Waals surface area contributed by atoms with Crippen LogP contribution in [0.2, 0.25) is 0 Å². The van der Waals surface area contributed by atoms with Gasteiger partial charge in [0.1, 0.15) is 21.7 Å². The second-order valence-electron chi connectivity index (χ2n) is 10.8. The minimum absolute atomic E-state index is 0.0284. The number of fused-ring (bicyclic) bond motifs is 2. The average Bonchev–Trinajstić information content (AvgIpc) is 3.60. The van der Waals surface area contributed by atoms with Gasteiger partial charge in [-0.25, -0.2) is 13.4 Å². The van der Waals surface area contributed by atoms with Crippen molar-refractivity contribution in [1.82, 2.24) is 19.5 Å². The first-order valence-electron chi connectivity index (χ1n) is 13.6. The van der Waals surface area contributed by atoms with E-state index >= 15 is 0 Å². The minimum atomic E-state index is -4.10. The number of anilines is 1. The number of benzene rings is 1. The smallest absolute Gasteiger partial charge is 0.247 e. The average molecular weight is 578 g/mol. The molecule has 0 unspecified atom stereocenters. The number of amides is 1. The van der Waals surface area contributed by atoms with Crippen molar-refractivity contribution in [2.45, 2.75) is 54.8 Å². The number of nitrogens with zero attached hydrogens (tertiary/aromatic N) is 4. The summed E-state index contributed by atoms with van der Waals surface area (Å²) in [6.45, 7) is 5.14. The zero-order valence-electron chi connectivity index (χ0n) is 21.8. The number of morpholine rings is 1. The summed E-state index contributed by atoms with van der Waals surface area (Å²) in [5.74, 6) is -0.0679. The summed E-state index contributed by atoms with van der Waals surface area (Å²) in [6.07, 6.45) is 2.96. The van der Waals surface area contributed by atoms with Crippen LogP contribution in [-0.4, -0.2) is 104 Å². The first kappa shape index (κ1) is 26.9. The monoisotopic (exact) mass is 577 g/mol. The Hall–Kier alpha value is -2.29. The first-order valence-corrected chi connectivity index (χ1v) is 15.9. The van der Waals surface area contributed by atoms with Gasteiger partial charge in [0.15, 0.2) is 0 Å². The summed E-state index contributed by atoms with van der Waals surface area (Å²) in [5, 5.41) is 16.7. The molecule has 1 spiro atoms. The maximum Gasteiger partial charge on any atom is 0.247 e. The van der Waals surface area contributed by atoms with Crippen LogP contribution in [0, 0.1) is 0 Å². The Morgan fingerprint density at radius 3 is 2.67 bits per heavy atom. The number of nitrogens with one attached hydrogen (secondary N) is 1. The third-order valence-corrected chi connectivity index (χ3v) is 11.0. The van der Waals surface area contributed by atoms with Crippen molar-refractivity contribution in [3.05, 3.63) is 34.8 Å². The number of aliphatic hydroxyl groups excluding tert-OH is 1. The van der Waals surface area contributed by atoms with Crippen molar-refractivity contribution in [3.63, 3.8) is 0 Å². The molecular formula is C26H35N5O6S2. The van der Waals surface area contributed by atoms with E-state index < -0.39 is 27.7 Å². The molecule has 4 aliphatic rings. The molecule has 0 bridgehead atoms. The number of likely N-dealkylation sites (tertiary alicyclic amines) is 1. The van der Waals surface area contributed by atoms with Gasteiger partial charge in [0.05, 0.1) is 32.5 Å². The lowest BCUT2D eigenvalue weighted by atomic mass is 9.84. The van der Waals surface area contributed by atoms with E-state index in [9.17, 15) is 18.3 Å². The molecule has 4 aliphatic heterocycles. The second-order valence-corrected chi connectivity index (χ2v) is 13.6. The summed E-state index contributed by atoms with van der Waals surface area (Å²) in [5.41, 5.74) is 0.353. The molecule has 1 aromatic carbocycles. The maximum atomic E-state index is 13.9. The largest absolute Gasteiger partial charge is 0.492 e. The predicted molar refractivity (Wildman–Crippen MR) is 145 cm³/mol. The number of aromatic nitrogens is 1. The normalized spacial score (nSPS) is 27.7. The molecule has 0 aliphatic carbocycles. The molecule has 13 heteroatoms. The lowest BCUT2D eigenvalue weighted by Gasteiger charge is -2.43. The number of hydrogen-bond acceptors (Lipinski definition) is 10. The Labute approximate surface area is 232 Å². The van der Waals surface area contributed by atoms with Crippen molar-refractivity contribution in [2.24, 2.45) is 0 Å². The highest BCUT2D eigenvalue weighted by molar-refractivity contribution is 7.89. The number of sulfonamides is 1. The number of carbonyl (C=O) groups excluding carboxylic acids is 1. The summed E-state index contributed by atoms with van der Waals surface area (Å²) in [7, 11) is -4.10. The summed E-state index contributed by atoms with van der Waals surface area (Å²) < 4.78 is 40.6. The molecule has 212 valence electrons. The van der Waals surface area contributed by atoms with Crippen LogP contribution in [0.1, 0.15) is 30.7 Å². The molecule has 11 nitrogen and oxygen atoms in total. The number of rotatable bonds is 3. The van der Waals surface area contributed by atoms with Crippen LogP contribution < -0.4 is 15.0 Å². The van der Waals surface area contributed by atoms with Gasteiger partial charge in [0.25, 0.3) is 0 Å². The zero-order valence-corrected chi connectivity index (χ0v) is 23.5. The van der Waals surface area contributed by atoms with E-state index in [4.69, 9.17) is 9.47 Å². The van der Waals surface area contributed by atoms with E-state index in [1.54, 1.807) is 29.5 Å². The summed E-state index contributed by atoms with van der Waals surface area (Å²) in [6, 6.07) is 4.17. The number of ether oxygens (including phenoxy) is 2. The Balaban J connectivity index is 1.29. The molecule has 5 heterocycles. The van der Waals surface area contributed by atoms with E-state index in [0.717, 1.165) is 47.5 Å². The third-order valence-electron chi connectivity index (χ3n) is 8.31. The summed E-state index contributed by atoms with van der Waals surface area (Å²) >= 11 is 1.63. The number of aliphatic hydroxyl groups is 1. The highest BCUT2D eigenvalue weighted by Gasteiger charge is 2.47. The van der Waals surface area contributed by atoms with E-state index in [1.807, 2.05) is 11.6 Å². The highest BCUT2D eigenvalue weighted by atomic mass is 32.2. The van der Waals surface area contributed by atoms with Crippen molar-refractivity contribution < 1.29 is 27.8 Å².